The maximum absolute atomic E-state index is 12.7. The second-order valence-electron chi connectivity index (χ2n) is 6.27. The van der Waals surface area contributed by atoms with Crippen LogP contribution in [0.5, 0.6) is 0 Å². The largest absolute Gasteiger partial charge is 0.481 e. The first-order chi connectivity index (χ1) is 10.1. The molecule has 1 aromatic carbocycles. The van der Waals surface area contributed by atoms with E-state index in [0.29, 0.717) is 19.3 Å². The van der Waals surface area contributed by atoms with Gasteiger partial charge in [0.15, 0.2) is 0 Å². The second-order valence-corrected chi connectivity index (χ2v) is 6.27. The number of benzene rings is 1. The molecule has 4 heteroatoms. The molecule has 1 aliphatic heterocycles. The van der Waals surface area contributed by atoms with Crippen molar-refractivity contribution >= 4 is 17.6 Å². The summed E-state index contributed by atoms with van der Waals surface area (Å²) >= 11 is 0. The third-order valence-corrected chi connectivity index (χ3v) is 4.75. The molecule has 3 rings (SSSR count). The molecule has 2 unspecified atom stereocenters. The average molecular weight is 287 g/mol. The minimum atomic E-state index is -0.764. The molecular formula is C17H21NO3. The lowest BCUT2D eigenvalue weighted by atomic mass is 9.97. The van der Waals surface area contributed by atoms with Crippen LogP contribution in [0.25, 0.3) is 0 Å². The highest BCUT2D eigenvalue weighted by molar-refractivity contribution is 5.96. The Morgan fingerprint density at radius 3 is 2.71 bits per heavy atom. The summed E-state index contributed by atoms with van der Waals surface area (Å²) in [6.07, 6.45) is 3.82. The Labute approximate surface area is 124 Å². The van der Waals surface area contributed by atoms with E-state index in [1.54, 1.807) is 0 Å². The van der Waals surface area contributed by atoms with Gasteiger partial charge in [-0.2, -0.15) is 0 Å². The fourth-order valence-corrected chi connectivity index (χ4v) is 3.61. The monoisotopic (exact) mass is 287 g/mol. The number of aliphatic carboxylic acids is 1. The predicted molar refractivity (Wildman–Crippen MR) is 80.3 cm³/mol. The number of nitrogens with zero attached hydrogens (tertiary/aromatic N) is 1. The van der Waals surface area contributed by atoms with Gasteiger partial charge in [0.2, 0.25) is 5.91 Å². The third-order valence-electron chi connectivity index (χ3n) is 4.75. The molecule has 1 heterocycles. The summed E-state index contributed by atoms with van der Waals surface area (Å²) in [6, 6.07) is 6.23. The highest BCUT2D eigenvalue weighted by atomic mass is 16.4. The molecule has 2 aliphatic rings. The topological polar surface area (TPSA) is 57.6 Å². The first-order valence-corrected chi connectivity index (χ1v) is 7.70. The van der Waals surface area contributed by atoms with Crippen LogP contribution in [-0.2, 0) is 16.0 Å². The highest BCUT2D eigenvalue weighted by Crippen LogP contribution is 2.35. The fourth-order valence-electron chi connectivity index (χ4n) is 3.61. The van der Waals surface area contributed by atoms with Crippen LogP contribution in [-0.4, -0.2) is 23.5 Å². The lowest BCUT2D eigenvalue weighted by Crippen LogP contribution is -2.39. The Bertz CT molecular complexity index is 581. The van der Waals surface area contributed by atoms with Crippen molar-refractivity contribution < 1.29 is 14.7 Å². The molecule has 1 N–H and O–H groups in total. The van der Waals surface area contributed by atoms with Crippen molar-refractivity contribution in [1.82, 2.24) is 0 Å². The first kappa shape index (κ1) is 14.1. The van der Waals surface area contributed by atoms with Crippen LogP contribution in [0.4, 0.5) is 5.69 Å². The molecule has 1 saturated carbocycles. The maximum atomic E-state index is 12.7. The number of anilines is 1. The van der Waals surface area contributed by atoms with Gasteiger partial charge in [0.25, 0.3) is 0 Å². The standard InChI is InChI=1S/C17H21NO3/c1-11-4-7-15-12(9-11)3-2-8-18(15)16(19)13-5-6-14(10-13)17(20)21/h4,7,9,13-14H,2-3,5-6,8,10H2,1H3,(H,20,21). The number of carboxylic acid groups (broad SMARTS) is 1. The van der Waals surface area contributed by atoms with Crippen LogP contribution in [0.2, 0.25) is 0 Å². The Kier molecular flexibility index (Phi) is 3.70. The number of carbonyl (C=O) groups excluding carboxylic acids is 1. The minimum absolute atomic E-state index is 0.114. The molecule has 0 saturated heterocycles. The van der Waals surface area contributed by atoms with Crippen molar-refractivity contribution in [3.05, 3.63) is 29.3 Å². The van der Waals surface area contributed by atoms with Crippen molar-refractivity contribution in [1.29, 1.82) is 0 Å². The Morgan fingerprint density at radius 1 is 1.24 bits per heavy atom. The van der Waals surface area contributed by atoms with E-state index in [1.165, 1.54) is 11.1 Å². The zero-order chi connectivity index (χ0) is 15.0. The normalized spacial score (nSPS) is 24.7. The summed E-state index contributed by atoms with van der Waals surface area (Å²) in [5.74, 6) is -1.12. The summed E-state index contributed by atoms with van der Waals surface area (Å²) in [5, 5.41) is 9.09. The van der Waals surface area contributed by atoms with Gasteiger partial charge < -0.3 is 10.0 Å². The molecule has 2 atom stereocenters. The van der Waals surface area contributed by atoms with Crippen molar-refractivity contribution in [2.45, 2.75) is 39.0 Å². The molecule has 1 amide bonds. The summed E-state index contributed by atoms with van der Waals surface area (Å²) in [4.78, 5) is 25.7. The molecule has 1 aromatic rings. The molecule has 112 valence electrons. The smallest absolute Gasteiger partial charge is 0.306 e. The number of carbonyl (C=O) groups is 2. The van der Waals surface area contributed by atoms with E-state index >= 15 is 0 Å². The molecule has 21 heavy (non-hydrogen) atoms. The summed E-state index contributed by atoms with van der Waals surface area (Å²) in [7, 11) is 0. The Hall–Kier alpha value is -1.84. The number of rotatable bonds is 2. The number of hydrogen-bond donors (Lipinski definition) is 1. The predicted octanol–water partition coefficient (Wildman–Crippen LogP) is 2.78. The van der Waals surface area contributed by atoms with E-state index in [4.69, 9.17) is 5.11 Å². The van der Waals surface area contributed by atoms with E-state index in [9.17, 15) is 9.59 Å². The Morgan fingerprint density at radius 2 is 2.00 bits per heavy atom. The van der Waals surface area contributed by atoms with Gasteiger partial charge in [0, 0.05) is 18.2 Å². The van der Waals surface area contributed by atoms with Crippen molar-refractivity contribution in [2.24, 2.45) is 11.8 Å². The van der Waals surface area contributed by atoms with E-state index in [1.807, 2.05) is 17.0 Å². The molecule has 4 nitrogen and oxygen atoms in total. The van der Waals surface area contributed by atoms with Crippen LogP contribution >= 0.6 is 0 Å². The van der Waals surface area contributed by atoms with Crippen molar-refractivity contribution in [2.75, 3.05) is 11.4 Å². The van der Waals surface area contributed by atoms with Crippen LogP contribution in [0, 0.1) is 18.8 Å². The van der Waals surface area contributed by atoms with Gasteiger partial charge in [-0.05, 0) is 50.7 Å². The summed E-state index contributed by atoms with van der Waals surface area (Å²) in [6.45, 7) is 2.82. The molecule has 0 bridgehead atoms. The van der Waals surface area contributed by atoms with Crippen molar-refractivity contribution in [3.63, 3.8) is 0 Å². The van der Waals surface area contributed by atoms with Gasteiger partial charge in [-0.1, -0.05) is 17.7 Å². The summed E-state index contributed by atoms with van der Waals surface area (Å²) < 4.78 is 0. The third kappa shape index (κ3) is 2.67. The number of carboxylic acids is 1. The zero-order valence-corrected chi connectivity index (χ0v) is 12.3. The van der Waals surface area contributed by atoms with E-state index in [2.05, 4.69) is 13.0 Å². The Balaban J connectivity index is 1.79. The van der Waals surface area contributed by atoms with Crippen molar-refractivity contribution in [3.8, 4) is 0 Å². The molecule has 1 fully saturated rings. The van der Waals surface area contributed by atoms with Gasteiger partial charge in [0.1, 0.15) is 0 Å². The number of aryl methyl sites for hydroxylation is 2. The zero-order valence-electron chi connectivity index (χ0n) is 12.3. The van der Waals surface area contributed by atoms with Crippen LogP contribution in [0.15, 0.2) is 18.2 Å². The minimum Gasteiger partial charge on any atom is -0.481 e. The van der Waals surface area contributed by atoms with Gasteiger partial charge >= 0.3 is 5.97 Å². The van der Waals surface area contributed by atoms with E-state index in [-0.39, 0.29) is 17.7 Å². The lowest BCUT2D eigenvalue weighted by molar-refractivity contribution is -0.141. The highest BCUT2D eigenvalue weighted by Gasteiger charge is 2.37. The first-order valence-electron chi connectivity index (χ1n) is 7.70. The molecular weight excluding hydrogens is 266 g/mol. The SMILES string of the molecule is Cc1ccc2c(c1)CCCN2C(=O)C1CCC(C(=O)O)C1. The van der Waals surface area contributed by atoms with E-state index < -0.39 is 5.97 Å². The van der Waals surface area contributed by atoms with Crippen LogP contribution in [0.3, 0.4) is 0 Å². The number of fused-ring (bicyclic) bond motifs is 1. The fraction of sp³-hybridized carbons (Fsp3) is 0.529. The van der Waals surface area contributed by atoms with Crippen LogP contribution < -0.4 is 4.90 Å². The molecule has 0 aromatic heterocycles. The van der Waals surface area contributed by atoms with Gasteiger partial charge in [0.05, 0.1) is 5.92 Å². The number of hydrogen-bond acceptors (Lipinski definition) is 2. The molecule has 1 aliphatic carbocycles. The van der Waals surface area contributed by atoms with Gasteiger partial charge in [-0.15, -0.1) is 0 Å². The second kappa shape index (κ2) is 5.51. The molecule has 0 radical (unpaired) electrons. The maximum Gasteiger partial charge on any atom is 0.306 e. The van der Waals surface area contributed by atoms with Crippen LogP contribution in [0.1, 0.15) is 36.8 Å². The quantitative estimate of drug-likeness (QED) is 0.910. The van der Waals surface area contributed by atoms with Gasteiger partial charge in [-0.3, -0.25) is 9.59 Å². The summed E-state index contributed by atoms with van der Waals surface area (Å²) in [5.41, 5.74) is 3.48. The van der Waals surface area contributed by atoms with E-state index in [0.717, 1.165) is 25.1 Å². The average Bonchev–Trinajstić information content (AvgIpc) is 2.95. The molecule has 0 spiro atoms. The van der Waals surface area contributed by atoms with Gasteiger partial charge in [-0.25, -0.2) is 0 Å². The lowest BCUT2D eigenvalue weighted by Gasteiger charge is -2.31. The number of amides is 1.